The van der Waals surface area contributed by atoms with Crippen molar-refractivity contribution in [2.45, 2.75) is 270 Å². The quantitative estimate of drug-likeness (QED) is 0.0121. The van der Waals surface area contributed by atoms with E-state index < -0.39 is 295 Å². The first-order valence-corrected chi connectivity index (χ1v) is 33.7. The Hall–Kier alpha value is -3.23. The van der Waals surface area contributed by atoms with Crippen LogP contribution in [0.25, 0.3) is 0 Å². The molecule has 0 aromatic carbocycles. The molecule has 29 unspecified atom stereocenters. The lowest BCUT2D eigenvalue weighted by molar-refractivity contribution is -0.349. The van der Waals surface area contributed by atoms with E-state index in [1.54, 1.807) is 6.92 Å². The summed E-state index contributed by atoms with van der Waals surface area (Å²) in [4.78, 5) is 15.0. The Morgan fingerprint density at radius 2 is 1.22 bits per heavy atom. The van der Waals surface area contributed by atoms with Gasteiger partial charge in [0.05, 0.1) is 61.4 Å². The van der Waals surface area contributed by atoms with Gasteiger partial charge in [-0.2, -0.15) is 0 Å². The molecule has 6 rings (SSSR count). The monoisotopic (exact) mass is 1470 g/mol. The van der Waals surface area contributed by atoms with E-state index in [1.807, 2.05) is 6.92 Å². The van der Waals surface area contributed by atoms with Gasteiger partial charge in [0, 0.05) is 38.8 Å². The fourth-order valence-corrected chi connectivity index (χ4v) is 15.5. The number of rotatable bonds is 35. The van der Waals surface area contributed by atoms with Gasteiger partial charge in [-0.15, -0.1) is 0 Å². The number of aliphatic hydroxyl groups excluding tert-OH is 28. The smallest absolute Gasteiger partial charge is 0.314 e. The van der Waals surface area contributed by atoms with E-state index in [1.165, 1.54) is 0 Å². The van der Waals surface area contributed by atoms with Crippen LogP contribution in [-0.2, 0) is 47.4 Å². The second-order valence-electron chi connectivity index (χ2n) is 27.8. The summed E-state index contributed by atoms with van der Waals surface area (Å²) in [6, 6.07) is 0. The zero-order chi connectivity index (χ0) is 75.6. The van der Waals surface area contributed by atoms with Gasteiger partial charge in [-0.05, 0) is 118 Å². The molecule has 4 bridgehead atoms. The van der Waals surface area contributed by atoms with Gasteiger partial charge >= 0.3 is 5.97 Å². The highest BCUT2D eigenvalue weighted by molar-refractivity contribution is 5.77. The molecule has 4 saturated carbocycles. The first-order valence-electron chi connectivity index (χ1n) is 33.7. The standard InChI is InChI=1S/C63H108O38/c1-26-22-62-14-5-35-60(2,12-4-13-61(35,3)59(92)100-51(85)34-21-27(23-68)33(74)24-94-55(89)48(40(78)31(72)10-19-67)97-56(90)49-42(80)41(79)46(84)58(95-34)99-49)36(62)6-15-63(26,25-62)101-57(91)50(98-54(88)45(83)39(77)30(71)9-18-66)47(96-53(87)44(82)38(76)29(70)8-17-65)32(73)11-20-93-52(86)43(81)37(75)28(69)7-16-64/h21,27-33,35-38,40-44,46-58,64-91H,1,4-20,22-25H2,2-3H3/b34-21-,45-39+/t27?,28?,29?,30?,31?,32?,33?,35?,36-,37?,38?,40?,41?,42?,43?,44?,46?,47?,48?,49?,50?,51?,52?,53?,54?,55?,56?,57?,58?,60+,61+,62?,63-/m0/s1. The molecular weight excluding hydrogens is 1360 g/mol. The number of carbonyl (C=O) groups excluding carboxylic acids is 1. The molecule has 2 aliphatic heterocycles. The molecule has 6 aliphatic rings. The summed E-state index contributed by atoms with van der Waals surface area (Å²) < 4.78 is 51.0. The second-order valence-corrected chi connectivity index (χ2v) is 27.8. The molecule has 101 heavy (non-hydrogen) atoms. The zero-order valence-corrected chi connectivity index (χ0v) is 56.0. The Morgan fingerprint density at radius 3 is 1.82 bits per heavy atom. The molecule has 1 spiro atoms. The molecule has 33 atom stereocenters. The summed E-state index contributed by atoms with van der Waals surface area (Å²) in [5, 5.41) is 301. The number of hydrogen-bond donors (Lipinski definition) is 28. The Morgan fingerprint density at radius 1 is 0.624 bits per heavy atom. The van der Waals surface area contributed by atoms with Gasteiger partial charge < -0.3 is 186 Å². The van der Waals surface area contributed by atoms with E-state index in [2.05, 4.69) is 6.58 Å². The molecule has 0 aromatic heterocycles. The third kappa shape index (κ3) is 19.8. The van der Waals surface area contributed by atoms with E-state index in [-0.39, 0.29) is 44.4 Å². The van der Waals surface area contributed by atoms with Crippen LogP contribution in [0.1, 0.15) is 104 Å². The fourth-order valence-electron chi connectivity index (χ4n) is 15.5. The van der Waals surface area contributed by atoms with Crippen molar-refractivity contribution in [1.29, 1.82) is 0 Å². The minimum Gasteiger partial charge on any atom is -0.506 e. The minimum atomic E-state index is -2.84. The summed E-state index contributed by atoms with van der Waals surface area (Å²) in [6.45, 7) is 2.38. The van der Waals surface area contributed by atoms with Crippen LogP contribution >= 0.6 is 0 Å². The first-order chi connectivity index (χ1) is 47.4. The SMILES string of the molecule is C=C1CC23CCC4[C@](C)(C(=O)OC(O)/C5=C/C(CO)C(O)COC(O)C(C(O)C(O)CCO)OC(O)C6OC(O5)C(O)C(O)C6O)CCC[C@@]4(C)[C@@H]2CC[C@]1(OC(O)C(OC(O)/C(O)=C(\O)C(O)CCO)C(OC(O)C(O)C(O)C(O)CCO)C(O)CCOC(O)C(O)C(O)C(O)CCO)C3. The Kier molecular flexibility index (Phi) is 32.2. The largest absolute Gasteiger partial charge is 0.506 e. The van der Waals surface area contributed by atoms with Crippen molar-refractivity contribution < 1.29 is 190 Å². The number of esters is 1. The molecule has 588 valence electrons. The first kappa shape index (κ1) is 86.7. The lowest BCUT2D eigenvalue weighted by Crippen LogP contribution is -2.63. The topological polar surface area (TPSA) is 667 Å². The van der Waals surface area contributed by atoms with Crippen LogP contribution in [0.5, 0.6) is 0 Å². The van der Waals surface area contributed by atoms with E-state index in [0.29, 0.717) is 24.8 Å². The normalized spacial score (nSPS) is 37.8. The fraction of sp³-hybridized carbons (Fsp3) is 0.889. The van der Waals surface area contributed by atoms with Gasteiger partial charge in [0.2, 0.25) is 12.6 Å². The van der Waals surface area contributed by atoms with Crippen molar-refractivity contribution in [1.82, 2.24) is 0 Å². The summed E-state index contributed by atoms with van der Waals surface area (Å²) in [6.07, 6.45) is -58.8. The van der Waals surface area contributed by atoms with Gasteiger partial charge in [0.25, 0.3) is 6.29 Å². The van der Waals surface area contributed by atoms with Gasteiger partial charge in [0.15, 0.2) is 48.7 Å². The van der Waals surface area contributed by atoms with Crippen LogP contribution in [0, 0.1) is 34.0 Å². The van der Waals surface area contributed by atoms with Crippen molar-refractivity contribution in [3.8, 4) is 0 Å². The van der Waals surface area contributed by atoms with E-state index in [9.17, 15) is 143 Å². The molecule has 2 heterocycles. The Bertz CT molecular complexity index is 2630. The average Bonchev–Trinajstić information content (AvgIpc) is 1.61. The lowest BCUT2D eigenvalue weighted by atomic mass is 9.41. The molecule has 0 radical (unpaired) electrons. The third-order valence-corrected chi connectivity index (χ3v) is 21.2. The number of carbonyl (C=O) groups is 1. The van der Waals surface area contributed by atoms with Crippen molar-refractivity contribution in [2.75, 3.05) is 46.2 Å². The van der Waals surface area contributed by atoms with Gasteiger partial charge in [-0.1, -0.05) is 19.9 Å². The van der Waals surface area contributed by atoms with Crippen LogP contribution < -0.4 is 0 Å². The summed E-state index contributed by atoms with van der Waals surface area (Å²) in [7, 11) is 0. The predicted molar refractivity (Wildman–Crippen MR) is 331 cm³/mol. The highest BCUT2D eigenvalue weighted by Gasteiger charge is 2.69. The Labute approximate surface area is 580 Å². The van der Waals surface area contributed by atoms with Crippen LogP contribution in [0.2, 0.25) is 0 Å². The maximum absolute atomic E-state index is 15.0. The number of fused-ring (bicyclic) bond motifs is 5. The highest BCUT2D eigenvalue weighted by Crippen LogP contribution is 2.74. The maximum atomic E-state index is 15.0. The third-order valence-electron chi connectivity index (χ3n) is 21.2. The molecule has 38 nitrogen and oxygen atoms in total. The van der Waals surface area contributed by atoms with E-state index >= 15 is 4.79 Å². The lowest BCUT2D eigenvalue weighted by Gasteiger charge is -2.64. The van der Waals surface area contributed by atoms with Crippen LogP contribution in [0.3, 0.4) is 0 Å². The van der Waals surface area contributed by atoms with Crippen molar-refractivity contribution in [2.24, 2.45) is 34.0 Å². The average molecular weight is 1470 g/mol. The van der Waals surface area contributed by atoms with Crippen LogP contribution in [0.15, 0.2) is 35.5 Å². The minimum absolute atomic E-state index is 0.0117. The predicted octanol–water partition coefficient (Wildman–Crippen LogP) is -9.40. The molecule has 4 aliphatic carbocycles. The molecule has 1 saturated heterocycles. The summed E-state index contributed by atoms with van der Waals surface area (Å²) in [5.41, 5.74) is -4.19. The zero-order valence-electron chi connectivity index (χ0n) is 56.0. The molecule has 0 aromatic rings. The van der Waals surface area contributed by atoms with E-state index in [4.69, 9.17) is 42.6 Å². The maximum Gasteiger partial charge on any atom is 0.314 e. The summed E-state index contributed by atoms with van der Waals surface area (Å²) in [5.74, 6) is -7.18. The van der Waals surface area contributed by atoms with Gasteiger partial charge in [-0.25, -0.2) is 0 Å². The number of hydrogen-bond acceptors (Lipinski definition) is 38. The highest BCUT2D eigenvalue weighted by atomic mass is 16.8. The van der Waals surface area contributed by atoms with Gasteiger partial charge in [0.1, 0.15) is 79.4 Å². The molecule has 38 heteroatoms. The van der Waals surface area contributed by atoms with Gasteiger partial charge in [-0.3, -0.25) is 4.79 Å². The molecule has 28 N–H and O–H groups in total. The Balaban J connectivity index is 1.30. The summed E-state index contributed by atoms with van der Waals surface area (Å²) >= 11 is 0. The number of ether oxygens (including phenoxy) is 9. The second kappa shape index (κ2) is 37.5. The van der Waals surface area contributed by atoms with Crippen LogP contribution in [-0.4, -0.2) is 361 Å². The van der Waals surface area contributed by atoms with E-state index in [0.717, 1.165) is 6.08 Å². The molecular formula is C63H108O38. The van der Waals surface area contributed by atoms with Crippen molar-refractivity contribution >= 4 is 5.97 Å². The van der Waals surface area contributed by atoms with Crippen molar-refractivity contribution in [3.63, 3.8) is 0 Å². The molecule has 0 amide bonds. The number of aliphatic hydroxyl groups is 28. The molecule has 5 fully saturated rings. The van der Waals surface area contributed by atoms with Crippen LogP contribution in [0.4, 0.5) is 0 Å². The van der Waals surface area contributed by atoms with Crippen molar-refractivity contribution in [3.05, 3.63) is 35.5 Å².